The maximum atomic E-state index is 12.5. The largest absolute Gasteiger partial charge is 0.489 e. The van der Waals surface area contributed by atoms with Crippen molar-refractivity contribution in [2.24, 2.45) is 0 Å². The van der Waals surface area contributed by atoms with E-state index in [-0.39, 0.29) is 11.7 Å². The lowest BCUT2D eigenvalue weighted by Gasteiger charge is -2.32. The molecule has 35 heavy (non-hydrogen) atoms. The van der Waals surface area contributed by atoms with Crippen LogP contribution < -0.4 is 15.2 Å². The summed E-state index contributed by atoms with van der Waals surface area (Å²) >= 11 is 3.36. The zero-order chi connectivity index (χ0) is 24.0. The van der Waals surface area contributed by atoms with E-state index in [2.05, 4.69) is 35.9 Å². The standard InChI is InChI=1S/C26H24BrN5O3/c27-21-14-28-26(29-15-21)31-12-13-34-23(16-31)17-32-25(33)11-10-24(30-32)20-6-8-22(9-7-20)35-18-19-4-2-1-3-5-19/h1-11,14-15,23H,12-13,16-18H2. The summed E-state index contributed by atoms with van der Waals surface area (Å²) in [4.78, 5) is 23.3. The summed E-state index contributed by atoms with van der Waals surface area (Å²) in [7, 11) is 0. The van der Waals surface area contributed by atoms with Gasteiger partial charge in [0.2, 0.25) is 5.95 Å². The molecule has 0 bridgehead atoms. The lowest BCUT2D eigenvalue weighted by molar-refractivity contribution is 0.0260. The van der Waals surface area contributed by atoms with E-state index >= 15 is 0 Å². The third kappa shape index (κ3) is 5.93. The van der Waals surface area contributed by atoms with Crippen molar-refractivity contribution in [3.8, 4) is 17.0 Å². The van der Waals surface area contributed by atoms with Crippen LogP contribution in [0.25, 0.3) is 11.3 Å². The van der Waals surface area contributed by atoms with Gasteiger partial charge in [-0.3, -0.25) is 4.79 Å². The van der Waals surface area contributed by atoms with Gasteiger partial charge >= 0.3 is 0 Å². The molecule has 1 aliphatic heterocycles. The molecule has 4 aromatic rings. The second-order valence-electron chi connectivity index (χ2n) is 8.18. The fourth-order valence-corrected chi connectivity index (χ4v) is 4.07. The Hall–Kier alpha value is -3.56. The first-order valence-electron chi connectivity index (χ1n) is 11.3. The number of rotatable bonds is 7. The summed E-state index contributed by atoms with van der Waals surface area (Å²) in [5.74, 6) is 1.42. The monoisotopic (exact) mass is 533 g/mol. The van der Waals surface area contributed by atoms with Crippen LogP contribution in [0, 0.1) is 0 Å². The van der Waals surface area contributed by atoms with Crippen molar-refractivity contribution in [2.75, 3.05) is 24.6 Å². The Morgan fingerprint density at radius 2 is 1.77 bits per heavy atom. The van der Waals surface area contributed by atoms with Crippen molar-refractivity contribution in [1.82, 2.24) is 19.7 Å². The van der Waals surface area contributed by atoms with Crippen molar-refractivity contribution in [3.63, 3.8) is 0 Å². The van der Waals surface area contributed by atoms with Crippen LogP contribution in [-0.2, 0) is 17.9 Å². The van der Waals surface area contributed by atoms with E-state index < -0.39 is 0 Å². The molecule has 0 spiro atoms. The third-order valence-electron chi connectivity index (χ3n) is 5.67. The molecule has 178 valence electrons. The highest BCUT2D eigenvalue weighted by atomic mass is 79.9. The molecule has 0 radical (unpaired) electrons. The molecule has 1 saturated heterocycles. The molecule has 1 atom stereocenters. The summed E-state index contributed by atoms with van der Waals surface area (Å²) in [5, 5.41) is 4.60. The molecule has 5 rings (SSSR count). The van der Waals surface area contributed by atoms with E-state index in [4.69, 9.17) is 9.47 Å². The van der Waals surface area contributed by atoms with Crippen LogP contribution in [0.5, 0.6) is 5.75 Å². The van der Waals surface area contributed by atoms with Gasteiger partial charge in [0.1, 0.15) is 12.4 Å². The number of hydrogen-bond acceptors (Lipinski definition) is 7. The van der Waals surface area contributed by atoms with Crippen molar-refractivity contribution in [2.45, 2.75) is 19.3 Å². The summed E-state index contributed by atoms with van der Waals surface area (Å²) in [6.45, 7) is 2.65. The smallest absolute Gasteiger partial charge is 0.266 e. The van der Waals surface area contributed by atoms with Gasteiger partial charge in [-0.1, -0.05) is 30.3 Å². The molecule has 2 aromatic carbocycles. The number of morpholine rings is 1. The molecule has 3 heterocycles. The molecule has 0 N–H and O–H groups in total. The quantitative estimate of drug-likeness (QED) is 0.355. The van der Waals surface area contributed by atoms with E-state index in [9.17, 15) is 4.79 Å². The first-order chi connectivity index (χ1) is 17.1. The molecule has 0 amide bonds. The van der Waals surface area contributed by atoms with Gasteiger partial charge in [0.15, 0.2) is 0 Å². The highest BCUT2D eigenvalue weighted by Crippen LogP contribution is 2.21. The van der Waals surface area contributed by atoms with Gasteiger partial charge in [-0.15, -0.1) is 0 Å². The van der Waals surface area contributed by atoms with E-state index in [0.29, 0.717) is 44.5 Å². The number of anilines is 1. The van der Waals surface area contributed by atoms with E-state index in [1.165, 1.54) is 4.68 Å². The molecule has 0 saturated carbocycles. The predicted octanol–water partition coefficient (Wildman–Crippen LogP) is 3.95. The van der Waals surface area contributed by atoms with Crippen LogP contribution in [-0.4, -0.2) is 45.5 Å². The number of benzene rings is 2. The molecule has 9 heteroatoms. The van der Waals surface area contributed by atoms with Crippen LogP contribution in [0.4, 0.5) is 5.95 Å². The molecule has 1 fully saturated rings. The number of aromatic nitrogens is 4. The lowest BCUT2D eigenvalue weighted by Crippen LogP contribution is -2.46. The van der Waals surface area contributed by atoms with Gasteiger partial charge < -0.3 is 14.4 Å². The maximum Gasteiger partial charge on any atom is 0.266 e. The predicted molar refractivity (Wildman–Crippen MR) is 136 cm³/mol. The van der Waals surface area contributed by atoms with Crippen LogP contribution >= 0.6 is 15.9 Å². The first-order valence-corrected chi connectivity index (χ1v) is 12.1. The van der Waals surface area contributed by atoms with Gasteiger partial charge in [0.05, 0.1) is 29.4 Å². The zero-order valence-electron chi connectivity index (χ0n) is 19.0. The normalized spacial score (nSPS) is 15.7. The summed E-state index contributed by atoms with van der Waals surface area (Å²) in [5.41, 5.74) is 2.56. The Labute approximate surface area is 211 Å². The Morgan fingerprint density at radius 3 is 2.54 bits per heavy atom. The minimum absolute atomic E-state index is 0.169. The Kier molecular flexibility index (Phi) is 7.15. The first kappa shape index (κ1) is 23.2. The minimum Gasteiger partial charge on any atom is -0.489 e. The highest BCUT2D eigenvalue weighted by Gasteiger charge is 2.23. The van der Waals surface area contributed by atoms with Gasteiger partial charge in [-0.05, 0) is 51.8 Å². The number of hydrogen-bond donors (Lipinski definition) is 0. The van der Waals surface area contributed by atoms with E-state index in [0.717, 1.165) is 21.3 Å². The Bertz CT molecular complexity index is 1310. The van der Waals surface area contributed by atoms with Crippen LogP contribution in [0.2, 0.25) is 0 Å². The maximum absolute atomic E-state index is 12.5. The minimum atomic E-state index is -0.204. The van der Waals surface area contributed by atoms with Crippen LogP contribution in [0.3, 0.4) is 0 Å². The molecule has 1 aliphatic rings. The summed E-state index contributed by atoms with van der Waals surface area (Å²) < 4.78 is 14.1. The van der Waals surface area contributed by atoms with Gasteiger partial charge in [0, 0.05) is 37.1 Å². The average Bonchev–Trinajstić information content (AvgIpc) is 2.90. The number of nitrogens with zero attached hydrogens (tertiary/aromatic N) is 5. The highest BCUT2D eigenvalue weighted by molar-refractivity contribution is 9.10. The van der Waals surface area contributed by atoms with Crippen molar-refractivity contribution in [1.29, 1.82) is 0 Å². The second kappa shape index (κ2) is 10.8. The van der Waals surface area contributed by atoms with Gasteiger partial charge in [-0.25, -0.2) is 14.6 Å². The molecule has 8 nitrogen and oxygen atoms in total. The topological polar surface area (TPSA) is 82.4 Å². The van der Waals surface area contributed by atoms with Crippen molar-refractivity contribution < 1.29 is 9.47 Å². The van der Waals surface area contributed by atoms with Crippen LogP contribution in [0.1, 0.15) is 5.56 Å². The lowest BCUT2D eigenvalue weighted by atomic mass is 10.1. The Morgan fingerprint density at radius 1 is 1.00 bits per heavy atom. The van der Waals surface area contributed by atoms with Crippen molar-refractivity contribution in [3.05, 3.63) is 99.5 Å². The number of halogens is 1. The molecular weight excluding hydrogens is 510 g/mol. The number of ether oxygens (including phenoxy) is 2. The van der Waals surface area contributed by atoms with Gasteiger partial charge in [-0.2, -0.15) is 5.10 Å². The van der Waals surface area contributed by atoms with E-state index in [1.54, 1.807) is 24.5 Å². The van der Waals surface area contributed by atoms with E-state index in [1.807, 2.05) is 54.6 Å². The summed E-state index contributed by atoms with van der Waals surface area (Å²) in [6, 6.07) is 21.0. The fourth-order valence-electron chi connectivity index (χ4n) is 3.87. The second-order valence-corrected chi connectivity index (χ2v) is 9.09. The third-order valence-corrected chi connectivity index (χ3v) is 6.08. The molecule has 0 aliphatic carbocycles. The van der Waals surface area contributed by atoms with Crippen molar-refractivity contribution >= 4 is 21.9 Å². The Balaban J connectivity index is 1.25. The zero-order valence-corrected chi connectivity index (χ0v) is 20.5. The average molecular weight is 534 g/mol. The fraction of sp³-hybridized carbons (Fsp3) is 0.231. The molecule has 1 unspecified atom stereocenters. The van der Waals surface area contributed by atoms with Crippen LogP contribution in [0.15, 0.2) is 88.4 Å². The SMILES string of the molecule is O=c1ccc(-c2ccc(OCc3ccccc3)cc2)nn1CC1CN(c2ncc(Br)cn2)CCO1. The van der Waals surface area contributed by atoms with Gasteiger partial charge in [0.25, 0.3) is 5.56 Å². The molecular formula is C26H24BrN5O3. The molecule has 2 aromatic heterocycles. The summed E-state index contributed by atoms with van der Waals surface area (Å²) in [6.07, 6.45) is 3.24.